The Hall–Kier alpha value is -1.80. The standard InChI is InChI=1S/C11H8BrN5OS/c1-5-8(19-11(13)15-5)10-16-9(17-18-10)6-2-7(12)4-14-3-6/h2-4H,1H3,(H2,13,15). The van der Waals surface area contributed by atoms with Gasteiger partial charge in [-0.25, -0.2) is 4.98 Å². The Morgan fingerprint density at radius 1 is 1.32 bits per heavy atom. The molecule has 2 N–H and O–H groups in total. The molecule has 19 heavy (non-hydrogen) atoms. The molecule has 0 radical (unpaired) electrons. The largest absolute Gasteiger partial charge is 0.375 e. The average Bonchev–Trinajstić information content (AvgIpc) is 2.96. The zero-order valence-corrected chi connectivity index (χ0v) is 12.2. The molecular weight excluding hydrogens is 330 g/mol. The summed E-state index contributed by atoms with van der Waals surface area (Å²) in [5.41, 5.74) is 7.22. The molecule has 3 aromatic rings. The molecule has 0 spiro atoms. The van der Waals surface area contributed by atoms with Crippen molar-refractivity contribution in [3.05, 3.63) is 28.6 Å². The van der Waals surface area contributed by atoms with Gasteiger partial charge in [0.05, 0.1) is 5.69 Å². The molecule has 0 atom stereocenters. The SMILES string of the molecule is Cc1nc(N)sc1-c1nc(-c2cncc(Br)c2)no1. The summed E-state index contributed by atoms with van der Waals surface area (Å²) in [6.07, 6.45) is 3.37. The molecule has 0 bridgehead atoms. The first kappa shape index (κ1) is 12.2. The highest BCUT2D eigenvalue weighted by Crippen LogP contribution is 2.31. The lowest BCUT2D eigenvalue weighted by Crippen LogP contribution is -1.83. The third-order valence-electron chi connectivity index (χ3n) is 2.40. The molecule has 0 fully saturated rings. The second-order valence-electron chi connectivity index (χ2n) is 3.78. The van der Waals surface area contributed by atoms with Crippen LogP contribution in [0.3, 0.4) is 0 Å². The smallest absolute Gasteiger partial charge is 0.270 e. The number of halogens is 1. The Bertz CT molecular complexity index is 738. The lowest BCUT2D eigenvalue weighted by Gasteiger charge is -1.93. The van der Waals surface area contributed by atoms with E-state index in [0.29, 0.717) is 16.8 Å². The normalized spacial score (nSPS) is 10.8. The Balaban J connectivity index is 2.02. The molecular formula is C11H8BrN5OS. The van der Waals surface area contributed by atoms with Crippen LogP contribution in [0.2, 0.25) is 0 Å². The zero-order chi connectivity index (χ0) is 13.4. The molecule has 0 aliphatic heterocycles. The number of nitrogens with zero attached hydrogens (tertiary/aromatic N) is 4. The molecule has 0 amide bonds. The molecule has 0 aromatic carbocycles. The number of aromatic nitrogens is 4. The molecule has 96 valence electrons. The topological polar surface area (TPSA) is 90.7 Å². The summed E-state index contributed by atoms with van der Waals surface area (Å²) in [6, 6.07) is 1.87. The van der Waals surface area contributed by atoms with E-state index >= 15 is 0 Å². The van der Waals surface area contributed by atoms with Crippen molar-refractivity contribution in [2.45, 2.75) is 6.92 Å². The lowest BCUT2D eigenvalue weighted by molar-refractivity contribution is 0.433. The van der Waals surface area contributed by atoms with Gasteiger partial charge < -0.3 is 10.3 Å². The van der Waals surface area contributed by atoms with E-state index in [1.807, 2.05) is 13.0 Å². The zero-order valence-electron chi connectivity index (χ0n) is 9.79. The predicted molar refractivity (Wildman–Crippen MR) is 75.5 cm³/mol. The number of nitrogens with two attached hydrogens (primary N) is 1. The van der Waals surface area contributed by atoms with E-state index in [1.165, 1.54) is 11.3 Å². The summed E-state index contributed by atoms with van der Waals surface area (Å²) < 4.78 is 6.11. The minimum atomic E-state index is 0.418. The fraction of sp³-hybridized carbons (Fsp3) is 0.0909. The van der Waals surface area contributed by atoms with Crippen molar-refractivity contribution in [1.29, 1.82) is 0 Å². The summed E-state index contributed by atoms with van der Waals surface area (Å²) in [5, 5.41) is 4.43. The summed E-state index contributed by atoms with van der Waals surface area (Å²) in [4.78, 5) is 13.3. The number of nitrogen functional groups attached to an aromatic ring is 1. The van der Waals surface area contributed by atoms with E-state index in [0.717, 1.165) is 20.6 Å². The molecule has 8 heteroatoms. The minimum absolute atomic E-state index is 0.418. The monoisotopic (exact) mass is 337 g/mol. The third kappa shape index (κ3) is 2.36. The molecule has 0 saturated carbocycles. The van der Waals surface area contributed by atoms with Crippen molar-refractivity contribution < 1.29 is 4.52 Å². The fourth-order valence-corrected chi connectivity index (χ4v) is 2.70. The van der Waals surface area contributed by atoms with Gasteiger partial charge in [-0.1, -0.05) is 16.5 Å². The van der Waals surface area contributed by atoms with Gasteiger partial charge >= 0.3 is 0 Å². The van der Waals surface area contributed by atoms with Gasteiger partial charge in [-0.05, 0) is 28.9 Å². The van der Waals surface area contributed by atoms with Crippen LogP contribution in [0.5, 0.6) is 0 Å². The number of hydrogen-bond donors (Lipinski definition) is 1. The van der Waals surface area contributed by atoms with Crippen LogP contribution in [0.4, 0.5) is 5.13 Å². The molecule has 3 heterocycles. The van der Waals surface area contributed by atoms with Gasteiger partial charge in [-0.3, -0.25) is 4.98 Å². The van der Waals surface area contributed by atoms with Gasteiger partial charge in [0.1, 0.15) is 4.88 Å². The van der Waals surface area contributed by atoms with Crippen molar-refractivity contribution in [3.8, 4) is 22.2 Å². The van der Waals surface area contributed by atoms with Gasteiger partial charge in [-0.2, -0.15) is 4.98 Å². The first-order chi connectivity index (χ1) is 9.13. The van der Waals surface area contributed by atoms with E-state index in [-0.39, 0.29) is 0 Å². The summed E-state index contributed by atoms with van der Waals surface area (Å²) >= 11 is 4.68. The highest BCUT2D eigenvalue weighted by atomic mass is 79.9. The van der Waals surface area contributed by atoms with E-state index in [4.69, 9.17) is 10.3 Å². The number of aryl methyl sites for hydroxylation is 1. The van der Waals surface area contributed by atoms with Crippen LogP contribution in [0.25, 0.3) is 22.2 Å². The molecule has 6 nitrogen and oxygen atoms in total. The molecule has 0 aliphatic rings. The number of rotatable bonds is 2. The molecule has 0 saturated heterocycles. The summed E-state index contributed by atoms with van der Waals surface area (Å²) in [5.74, 6) is 0.900. The van der Waals surface area contributed by atoms with Crippen LogP contribution < -0.4 is 5.73 Å². The highest BCUT2D eigenvalue weighted by molar-refractivity contribution is 9.10. The third-order valence-corrected chi connectivity index (χ3v) is 3.80. The number of thiazole rings is 1. The first-order valence-electron chi connectivity index (χ1n) is 5.31. The second-order valence-corrected chi connectivity index (χ2v) is 5.73. The lowest BCUT2D eigenvalue weighted by atomic mass is 10.3. The predicted octanol–water partition coefficient (Wildman–Crippen LogP) is 2.91. The second kappa shape index (κ2) is 4.71. The molecule has 3 aromatic heterocycles. The fourth-order valence-electron chi connectivity index (χ4n) is 1.58. The molecule has 0 aliphatic carbocycles. The van der Waals surface area contributed by atoms with Crippen LogP contribution >= 0.6 is 27.3 Å². The van der Waals surface area contributed by atoms with Crippen LogP contribution in [0, 0.1) is 6.92 Å². The van der Waals surface area contributed by atoms with Gasteiger partial charge in [0.15, 0.2) is 5.13 Å². The van der Waals surface area contributed by atoms with Crippen LogP contribution in [-0.2, 0) is 0 Å². The number of hydrogen-bond acceptors (Lipinski definition) is 7. The quantitative estimate of drug-likeness (QED) is 0.773. The van der Waals surface area contributed by atoms with Crippen molar-refractivity contribution in [2.24, 2.45) is 0 Å². The Kier molecular flexibility index (Phi) is 3.03. The van der Waals surface area contributed by atoms with Crippen LogP contribution in [0.1, 0.15) is 5.69 Å². The molecule has 3 rings (SSSR count). The van der Waals surface area contributed by atoms with Gasteiger partial charge in [0.25, 0.3) is 5.89 Å². The highest BCUT2D eigenvalue weighted by Gasteiger charge is 2.16. The maximum absolute atomic E-state index is 5.66. The van der Waals surface area contributed by atoms with Gasteiger partial charge in [0, 0.05) is 22.4 Å². The number of anilines is 1. The average molecular weight is 338 g/mol. The maximum Gasteiger partial charge on any atom is 0.270 e. The van der Waals surface area contributed by atoms with E-state index < -0.39 is 0 Å². The first-order valence-corrected chi connectivity index (χ1v) is 6.92. The van der Waals surface area contributed by atoms with Crippen molar-refractivity contribution in [2.75, 3.05) is 5.73 Å². The Morgan fingerprint density at radius 2 is 2.16 bits per heavy atom. The van der Waals surface area contributed by atoms with Crippen molar-refractivity contribution >= 4 is 32.4 Å². The minimum Gasteiger partial charge on any atom is -0.375 e. The van der Waals surface area contributed by atoms with E-state index in [9.17, 15) is 0 Å². The van der Waals surface area contributed by atoms with Crippen LogP contribution in [-0.4, -0.2) is 20.1 Å². The van der Waals surface area contributed by atoms with E-state index in [1.54, 1.807) is 12.4 Å². The molecule has 0 unspecified atom stereocenters. The van der Waals surface area contributed by atoms with Gasteiger partial charge in [0.2, 0.25) is 5.82 Å². The summed E-state index contributed by atoms with van der Waals surface area (Å²) in [7, 11) is 0. The number of pyridine rings is 1. The van der Waals surface area contributed by atoms with Crippen LogP contribution in [0.15, 0.2) is 27.5 Å². The van der Waals surface area contributed by atoms with Gasteiger partial charge in [-0.15, -0.1) is 0 Å². The Morgan fingerprint density at radius 3 is 2.84 bits per heavy atom. The Labute approximate surface area is 120 Å². The van der Waals surface area contributed by atoms with Crippen molar-refractivity contribution in [1.82, 2.24) is 20.1 Å². The van der Waals surface area contributed by atoms with E-state index in [2.05, 4.69) is 36.0 Å². The van der Waals surface area contributed by atoms with Crippen molar-refractivity contribution in [3.63, 3.8) is 0 Å². The summed E-state index contributed by atoms with van der Waals surface area (Å²) in [6.45, 7) is 1.85. The maximum atomic E-state index is 5.66.